The van der Waals surface area contributed by atoms with Crippen LogP contribution in [-0.2, 0) is 11.2 Å². The van der Waals surface area contributed by atoms with E-state index in [4.69, 9.17) is 9.41 Å². The second kappa shape index (κ2) is 10.7. The van der Waals surface area contributed by atoms with Crippen LogP contribution in [0, 0.1) is 11.3 Å². The van der Waals surface area contributed by atoms with Gasteiger partial charge in [0.2, 0.25) is 5.91 Å². The van der Waals surface area contributed by atoms with Crippen molar-refractivity contribution in [3.8, 4) is 0 Å². The molecule has 162 valence electrons. The average molecular weight is 514 g/mol. The van der Waals surface area contributed by atoms with Crippen molar-refractivity contribution in [1.82, 2.24) is 15.5 Å². The molecule has 29 heavy (non-hydrogen) atoms. The summed E-state index contributed by atoms with van der Waals surface area (Å²) in [4.78, 5) is 19.3. The number of hydrogen-bond donors (Lipinski definition) is 2. The number of piperidine rings is 1. The Hall–Kier alpha value is -1.25. The lowest BCUT2D eigenvalue weighted by atomic mass is 9.79. The highest BCUT2D eigenvalue weighted by Crippen LogP contribution is 2.36. The second-order valence-corrected chi connectivity index (χ2v) is 8.90. The van der Waals surface area contributed by atoms with Crippen LogP contribution >= 0.6 is 24.0 Å². The number of furan rings is 1. The van der Waals surface area contributed by atoms with Gasteiger partial charge < -0.3 is 20.0 Å². The number of aliphatic imine (C=N–C) groups is 1. The van der Waals surface area contributed by atoms with Crippen LogP contribution in [0.1, 0.15) is 57.1 Å². The summed E-state index contributed by atoms with van der Waals surface area (Å²) >= 11 is 0. The molecule has 1 aromatic rings. The molecule has 2 N–H and O–H groups in total. The van der Waals surface area contributed by atoms with Crippen LogP contribution in [0.2, 0.25) is 0 Å². The zero-order valence-corrected chi connectivity index (χ0v) is 19.7. The quantitative estimate of drug-likeness (QED) is 0.358. The van der Waals surface area contributed by atoms with Gasteiger partial charge in [-0.05, 0) is 43.7 Å². The van der Waals surface area contributed by atoms with Crippen LogP contribution in [0.5, 0.6) is 0 Å². The van der Waals surface area contributed by atoms with E-state index < -0.39 is 0 Å². The van der Waals surface area contributed by atoms with Crippen LogP contribution in [0.15, 0.2) is 27.8 Å². The van der Waals surface area contributed by atoms with Crippen molar-refractivity contribution in [3.63, 3.8) is 0 Å². The van der Waals surface area contributed by atoms with E-state index in [1.165, 1.54) is 32.1 Å². The molecular formula is C22H35IN4O2. The van der Waals surface area contributed by atoms with Gasteiger partial charge in [-0.15, -0.1) is 24.0 Å². The first-order chi connectivity index (χ1) is 13.7. The first-order valence-corrected chi connectivity index (χ1v) is 11.0. The standard InChI is InChI=1S/C22H34N4O2.HI/c27-20-14-22(16-25-20)10-5-12-26(17-22)21(23-11-9-19-8-4-13-28-19)24-15-18-6-2-1-3-7-18;/h4,8,13,18H,1-3,5-7,9-12,14-17H2,(H,23,24)(H,25,27);1H. The molecule has 7 heteroatoms. The summed E-state index contributed by atoms with van der Waals surface area (Å²) in [5, 5.41) is 6.64. The number of rotatable bonds is 5. The Bertz CT molecular complexity index is 672. The van der Waals surface area contributed by atoms with Gasteiger partial charge in [0, 0.05) is 51.0 Å². The Balaban J connectivity index is 0.00000240. The Morgan fingerprint density at radius 2 is 2.17 bits per heavy atom. The third-order valence-corrected chi connectivity index (χ3v) is 6.62. The number of likely N-dealkylation sites (tertiary alicyclic amines) is 1. The zero-order valence-electron chi connectivity index (χ0n) is 17.3. The molecule has 3 heterocycles. The summed E-state index contributed by atoms with van der Waals surface area (Å²) < 4.78 is 5.46. The van der Waals surface area contributed by atoms with Gasteiger partial charge in [-0.2, -0.15) is 0 Å². The second-order valence-electron chi connectivity index (χ2n) is 8.90. The maximum absolute atomic E-state index is 11.8. The lowest BCUT2D eigenvalue weighted by Crippen LogP contribution is -2.51. The van der Waals surface area contributed by atoms with Crippen molar-refractivity contribution >= 4 is 35.8 Å². The summed E-state index contributed by atoms with van der Waals surface area (Å²) in [6.07, 6.45) is 12.2. The number of halogens is 1. The van der Waals surface area contributed by atoms with Crippen molar-refractivity contribution in [3.05, 3.63) is 24.2 Å². The van der Waals surface area contributed by atoms with Gasteiger partial charge in [0.25, 0.3) is 0 Å². The fraction of sp³-hybridized carbons (Fsp3) is 0.727. The summed E-state index contributed by atoms with van der Waals surface area (Å²) in [6.45, 7) is 4.49. The molecule has 1 aromatic heterocycles. The number of nitrogens with one attached hydrogen (secondary N) is 2. The molecule has 1 spiro atoms. The van der Waals surface area contributed by atoms with Gasteiger partial charge in [-0.3, -0.25) is 9.79 Å². The molecule has 2 aliphatic heterocycles. The van der Waals surface area contributed by atoms with Gasteiger partial charge in [0.1, 0.15) is 5.76 Å². The van der Waals surface area contributed by atoms with E-state index in [0.29, 0.717) is 6.42 Å². The van der Waals surface area contributed by atoms with E-state index in [0.717, 1.165) is 69.6 Å². The fourth-order valence-corrected chi connectivity index (χ4v) is 5.03. The first-order valence-electron chi connectivity index (χ1n) is 11.0. The van der Waals surface area contributed by atoms with Gasteiger partial charge in [0.05, 0.1) is 6.26 Å². The van der Waals surface area contributed by atoms with E-state index in [-0.39, 0.29) is 35.3 Å². The van der Waals surface area contributed by atoms with E-state index >= 15 is 0 Å². The number of guanidine groups is 1. The maximum atomic E-state index is 11.8. The molecule has 1 atom stereocenters. The van der Waals surface area contributed by atoms with Gasteiger partial charge in [-0.1, -0.05) is 19.3 Å². The minimum absolute atomic E-state index is 0. The maximum Gasteiger partial charge on any atom is 0.220 e. The highest BCUT2D eigenvalue weighted by molar-refractivity contribution is 14.0. The first kappa shape index (κ1) is 22.4. The monoisotopic (exact) mass is 514 g/mol. The molecule has 4 rings (SSSR count). The Labute approximate surface area is 191 Å². The van der Waals surface area contributed by atoms with E-state index in [9.17, 15) is 4.79 Å². The van der Waals surface area contributed by atoms with Crippen molar-refractivity contribution in [2.45, 2.75) is 57.8 Å². The number of hydrogen-bond acceptors (Lipinski definition) is 3. The minimum Gasteiger partial charge on any atom is -0.469 e. The SMILES string of the molecule is I.O=C1CC2(CCCN(C(=NCC3CCCCC3)NCCc3ccco3)C2)CN1. The van der Waals surface area contributed by atoms with Crippen LogP contribution < -0.4 is 10.6 Å². The third-order valence-electron chi connectivity index (χ3n) is 6.62. The molecule has 3 fully saturated rings. The molecule has 1 amide bonds. The van der Waals surface area contributed by atoms with E-state index in [2.05, 4.69) is 15.5 Å². The highest BCUT2D eigenvalue weighted by Gasteiger charge is 2.42. The largest absolute Gasteiger partial charge is 0.469 e. The summed E-state index contributed by atoms with van der Waals surface area (Å²) in [7, 11) is 0. The van der Waals surface area contributed by atoms with Crippen LogP contribution in [0.4, 0.5) is 0 Å². The van der Waals surface area contributed by atoms with Gasteiger partial charge >= 0.3 is 0 Å². The van der Waals surface area contributed by atoms with E-state index in [1.54, 1.807) is 6.26 Å². The summed E-state index contributed by atoms with van der Waals surface area (Å²) in [5.74, 6) is 2.95. The fourth-order valence-electron chi connectivity index (χ4n) is 5.03. The molecule has 2 saturated heterocycles. The lowest BCUT2D eigenvalue weighted by Gasteiger charge is -2.41. The number of carbonyl (C=O) groups excluding carboxylic acids is 1. The molecule has 1 unspecified atom stereocenters. The predicted molar refractivity (Wildman–Crippen MR) is 126 cm³/mol. The Morgan fingerprint density at radius 1 is 1.31 bits per heavy atom. The average Bonchev–Trinajstić information content (AvgIpc) is 3.35. The number of carbonyl (C=O) groups is 1. The molecule has 0 radical (unpaired) electrons. The van der Waals surface area contributed by atoms with Crippen molar-refractivity contribution in [1.29, 1.82) is 0 Å². The van der Waals surface area contributed by atoms with Gasteiger partial charge in [-0.25, -0.2) is 0 Å². The Morgan fingerprint density at radius 3 is 2.90 bits per heavy atom. The summed E-state index contributed by atoms with van der Waals surface area (Å²) in [5.41, 5.74) is 0.0869. The number of nitrogens with zero attached hydrogens (tertiary/aromatic N) is 2. The molecular weight excluding hydrogens is 479 g/mol. The molecule has 0 bridgehead atoms. The highest BCUT2D eigenvalue weighted by atomic mass is 127. The van der Waals surface area contributed by atoms with Crippen molar-refractivity contribution < 1.29 is 9.21 Å². The molecule has 6 nitrogen and oxygen atoms in total. The predicted octanol–water partition coefficient (Wildman–Crippen LogP) is 3.57. The van der Waals surface area contributed by atoms with Crippen LogP contribution in [-0.4, -0.2) is 49.5 Å². The molecule has 3 aliphatic rings. The van der Waals surface area contributed by atoms with Crippen LogP contribution in [0.25, 0.3) is 0 Å². The topological polar surface area (TPSA) is 69.9 Å². The molecule has 0 aromatic carbocycles. The number of amides is 1. The van der Waals surface area contributed by atoms with Gasteiger partial charge in [0.15, 0.2) is 5.96 Å². The third kappa shape index (κ3) is 6.12. The summed E-state index contributed by atoms with van der Waals surface area (Å²) in [6, 6.07) is 3.96. The zero-order chi connectivity index (χ0) is 19.2. The normalized spacial score (nSPS) is 25.7. The van der Waals surface area contributed by atoms with E-state index in [1.807, 2.05) is 12.1 Å². The minimum atomic E-state index is 0. The van der Waals surface area contributed by atoms with Crippen LogP contribution in [0.3, 0.4) is 0 Å². The smallest absolute Gasteiger partial charge is 0.220 e. The van der Waals surface area contributed by atoms with Crippen molar-refractivity contribution in [2.75, 3.05) is 32.7 Å². The molecule has 1 aliphatic carbocycles. The molecule has 1 saturated carbocycles. The lowest BCUT2D eigenvalue weighted by molar-refractivity contribution is -0.119. The van der Waals surface area contributed by atoms with Crippen molar-refractivity contribution in [2.24, 2.45) is 16.3 Å². The Kier molecular flexibility index (Phi) is 8.26.